The van der Waals surface area contributed by atoms with Gasteiger partial charge in [-0.3, -0.25) is 0 Å². The van der Waals surface area contributed by atoms with Crippen LogP contribution in [0.1, 0.15) is 5.56 Å². The smallest absolute Gasteiger partial charge is 0.407 e. The summed E-state index contributed by atoms with van der Waals surface area (Å²) in [6.45, 7) is 1.99. The monoisotopic (exact) mass is 183 g/mol. The Kier molecular flexibility index (Phi) is 4.09. The molecule has 0 heterocycles. The van der Waals surface area contributed by atoms with Crippen LogP contribution in [-0.4, -0.2) is 7.05 Å². The van der Waals surface area contributed by atoms with E-state index in [1.165, 1.54) is 0 Å². The number of nitrogens with zero attached hydrogens (tertiary/aromatic N) is 2. The van der Waals surface area contributed by atoms with Crippen molar-refractivity contribution in [3.05, 3.63) is 28.7 Å². The molecule has 1 aromatic rings. The second kappa shape index (κ2) is 4.58. The van der Waals surface area contributed by atoms with Crippen LogP contribution in [0.2, 0.25) is 0 Å². The average Bonchev–Trinajstić information content (AvgIpc) is 2.04. The van der Waals surface area contributed by atoms with Crippen LogP contribution in [0.5, 0.6) is 0 Å². The molecule has 0 aliphatic rings. The van der Waals surface area contributed by atoms with Crippen molar-refractivity contribution in [3.63, 3.8) is 0 Å². The lowest BCUT2D eigenvalue weighted by atomic mass is 10.2. The van der Waals surface area contributed by atoms with Crippen LogP contribution in [-0.2, 0) is 0 Å². The number of nitrogens with one attached hydrogen (secondary N) is 1. The van der Waals surface area contributed by atoms with Crippen molar-refractivity contribution >= 4 is 11.4 Å². The first-order valence-corrected chi connectivity index (χ1v) is 3.41. The zero-order valence-electron chi connectivity index (χ0n) is 7.00. The molecule has 1 rings (SSSR count). The van der Waals surface area contributed by atoms with Crippen molar-refractivity contribution in [2.24, 2.45) is 0 Å². The van der Waals surface area contributed by atoms with Crippen LogP contribution < -0.4 is 17.7 Å². The summed E-state index contributed by atoms with van der Waals surface area (Å²) in [5, 5.41) is 11.5. The number of hydrogen-bond donors (Lipinski definition) is 1. The van der Waals surface area contributed by atoms with Gasteiger partial charge < -0.3 is 17.7 Å². The lowest BCUT2D eigenvalue weighted by Gasteiger charge is -1.95. The van der Waals surface area contributed by atoms with Crippen molar-refractivity contribution in [2.75, 3.05) is 12.4 Å². The molecule has 0 spiro atoms. The van der Waals surface area contributed by atoms with Crippen molar-refractivity contribution < 1.29 is 12.4 Å². The zero-order chi connectivity index (χ0) is 8.27. The molecule has 0 unspecified atom stereocenters. The van der Waals surface area contributed by atoms with E-state index >= 15 is 0 Å². The molecular formula is C8H10ClN3. The molecule has 3 nitrogen and oxygen atoms in total. The van der Waals surface area contributed by atoms with Gasteiger partial charge in [-0.1, -0.05) is 6.07 Å². The fourth-order valence-electron chi connectivity index (χ4n) is 0.937. The number of halogens is 1. The predicted molar refractivity (Wildman–Crippen MR) is 45.5 cm³/mol. The highest BCUT2D eigenvalue weighted by molar-refractivity contribution is 5.69. The highest BCUT2D eigenvalue weighted by Crippen LogP contribution is 2.24. The van der Waals surface area contributed by atoms with E-state index in [4.69, 9.17) is 5.39 Å². The van der Waals surface area contributed by atoms with Gasteiger partial charge in [-0.25, -0.2) is 0 Å². The van der Waals surface area contributed by atoms with E-state index in [0.29, 0.717) is 5.69 Å². The van der Waals surface area contributed by atoms with Gasteiger partial charge in [0.1, 0.15) is 5.69 Å². The van der Waals surface area contributed by atoms with E-state index in [-0.39, 0.29) is 12.4 Å². The second-order valence-electron chi connectivity index (χ2n) is 2.37. The normalized spacial score (nSPS) is 8.08. The van der Waals surface area contributed by atoms with Crippen LogP contribution >= 0.6 is 0 Å². The van der Waals surface area contributed by atoms with Crippen LogP contribution in [0.25, 0.3) is 4.98 Å². The average molecular weight is 184 g/mol. The maximum atomic E-state index is 8.53. The highest BCUT2D eigenvalue weighted by atomic mass is 35.5. The fraction of sp³-hybridized carbons (Fsp3) is 0.250. The summed E-state index contributed by atoms with van der Waals surface area (Å²) >= 11 is 0. The number of anilines is 1. The first-order chi connectivity index (χ1) is 5.27. The van der Waals surface area contributed by atoms with Gasteiger partial charge in [0.2, 0.25) is 5.39 Å². The van der Waals surface area contributed by atoms with Gasteiger partial charge in [0, 0.05) is 13.1 Å². The van der Waals surface area contributed by atoms with Gasteiger partial charge in [-0.15, -0.1) is 0 Å². The fourth-order valence-corrected chi connectivity index (χ4v) is 0.937. The molecule has 0 aliphatic carbocycles. The van der Waals surface area contributed by atoms with Gasteiger partial charge in [-0.05, 0) is 18.6 Å². The number of benzene rings is 1. The molecule has 0 aliphatic heterocycles. The molecule has 12 heavy (non-hydrogen) atoms. The largest absolute Gasteiger partial charge is 1.00 e. The molecule has 0 aromatic heterocycles. The molecule has 0 atom stereocenters. The second-order valence-corrected chi connectivity index (χ2v) is 2.37. The van der Waals surface area contributed by atoms with E-state index in [2.05, 4.69) is 10.3 Å². The van der Waals surface area contributed by atoms with E-state index in [9.17, 15) is 0 Å². The Morgan fingerprint density at radius 3 is 2.58 bits per heavy atom. The lowest BCUT2D eigenvalue weighted by molar-refractivity contribution is -0.00000257. The molecule has 1 N–H and O–H groups in total. The maximum Gasteiger partial charge on any atom is 0.407 e. The quantitative estimate of drug-likeness (QED) is 0.598. The van der Waals surface area contributed by atoms with E-state index in [1.54, 1.807) is 13.1 Å². The summed E-state index contributed by atoms with van der Waals surface area (Å²) in [5.74, 6) is 0. The van der Waals surface area contributed by atoms with Gasteiger partial charge in [0.25, 0.3) is 0 Å². The Hall–Kier alpha value is -1.27. The first-order valence-electron chi connectivity index (χ1n) is 3.41. The van der Waals surface area contributed by atoms with Gasteiger partial charge >= 0.3 is 5.69 Å². The summed E-state index contributed by atoms with van der Waals surface area (Å²) < 4.78 is 0. The SMILES string of the molecule is CNc1cc(C)ccc1[N+]#N.[Cl-]. The van der Waals surface area contributed by atoms with Crippen LogP contribution in [0, 0.1) is 12.3 Å². The van der Waals surface area contributed by atoms with Crippen LogP contribution in [0.3, 0.4) is 0 Å². The van der Waals surface area contributed by atoms with Gasteiger partial charge in [-0.2, -0.15) is 0 Å². The Bertz CT molecular complexity index is 304. The standard InChI is InChI=1S/C8H10N3.ClH/c1-6-3-4-7(11-9)8(5-6)10-2;/h3-5,10H,1-2H3;1H/q+1;/p-1. The molecule has 64 valence electrons. The number of hydrogen-bond acceptors (Lipinski definition) is 2. The Labute approximate surface area is 77.8 Å². The molecule has 0 saturated carbocycles. The Balaban J connectivity index is 0.00000121. The number of diazo groups is 1. The van der Waals surface area contributed by atoms with Crippen molar-refractivity contribution in [1.82, 2.24) is 0 Å². The summed E-state index contributed by atoms with van der Waals surface area (Å²) in [7, 11) is 1.80. The van der Waals surface area contributed by atoms with Crippen molar-refractivity contribution in [3.8, 4) is 0 Å². The minimum atomic E-state index is 0. The minimum Gasteiger partial charge on any atom is -1.00 e. The molecule has 0 amide bonds. The minimum absolute atomic E-state index is 0. The zero-order valence-corrected chi connectivity index (χ0v) is 7.76. The molecule has 0 saturated heterocycles. The van der Waals surface area contributed by atoms with Crippen molar-refractivity contribution in [2.45, 2.75) is 6.92 Å². The maximum absolute atomic E-state index is 8.53. The molecule has 4 heteroatoms. The molecule has 1 aromatic carbocycles. The topological polar surface area (TPSA) is 40.2 Å². The number of aryl methyl sites for hydroxylation is 1. The molecular weight excluding hydrogens is 174 g/mol. The molecule has 0 fully saturated rings. The van der Waals surface area contributed by atoms with E-state index in [0.717, 1.165) is 11.3 Å². The summed E-state index contributed by atoms with van der Waals surface area (Å²) in [4.78, 5) is 3.12. The summed E-state index contributed by atoms with van der Waals surface area (Å²) in [6, 6.07) is 5.59. The summed E-state index contributed by atoms with van der Waals surface area (Å²) in [5.41, 5.74) is 2.55. The molecule has 0 radical (unpaired) electrons. The van der Waals surface area contributed by atoms with Crippen molar-refractivity contribution in [1.29, 1.82) is 5.39 Å². The Morgan fingerprint density at radius 1 is 1.42 bits per heavy atom. The van der Waals surface area contributed by atoms with Crippen LogP contribution in [0.4, 0.5) is 11.4 Å². The predicted octanol–water partition coefficient (Wildman–Crippen LogP) is -0.475. The van der Waals surface area contributed by atoms with E-state index in [1.807, 2.05) is 19.1 Å². The van der Waals surface area contributed by atoms with Gasteiger partial charge in [0.15, 0.2) is 4.98 Å². The Morgan fingerprint density at radius 2 is 2.08 bits per heavy atom. The van der Waals surface area contributed by atoms with Gasteiger partial charge in [0.05, 0.1) is 0 Å². The number of rotatable bonds is 1. The third-order valence-corrected chi connectivity index (χ3v) is 1.53. The first kappa shape index (κ1) is 10.7. The third-order valence-electron chi connectivity index (χ3n) is 1.53. The lowest BCUT2D eigenvalue weighted by Crippen LogP contribution is -3.00. The summed E-state index contributed by atoms with van der Waals surface area (Å²) in [6.07, 6.45) is 0. The molecule has 0 bridgehead atoms. The van der Waals surface area contributed by atoms with Crippen LogP contribution in [0.15, 0.2) is 18.2 Å². The highest BCUT2D eigenvalue weighted by Gasteiger charge is 2.10. The van der Waals surface area contributed by atoms with E-state index < -0.39 is 0 Å². The third kappa shape index (κ3) is 2.11.